The van der Waals surface area contributed by atoms with Gasteiger partial charge in [-0.2, -0.15) is 0 Å². The topological polar surface area (TPSA) is 17.8 Å². The molecule has 0 aliphatic heterocycles. The molecule has 0 aliphatic carbocycles. The second-order valence-electron chi connectivity index (χ2n) is 3.04. The maximum atomic E-state index is 6.12. The number of aromatic nitrogens is 2. The molecule has 13 heavy (non-hydrogen) atoms. The van der Waals surface area contributed by atoms with E-state index in [1.54, 1.807) is 6.33 Å². The fourth-order valence-electron chi connectivity index (χ4n) is 1.32. The highest BCUT2D eigenvalue weighted by Crippen LogP contribution is 2.32. The van der Waals surface area contributed by atoms with Crippen LogP contribution in [0, 0.1) is 6.92 Å². The molecular weight excluding hydrogens is 251 g/mol. The molecule has 0 bridgehead atoms. The molecule has 0 amide bonds. The van der Waals surface area contributed by atoms with Crippen LogP contribution in [0.2, 0.25) is 5.02 Å². The van der Waals surface area contributed by atoms with Crippen LogP contribution in [0.3, 0.4) is 0 Å². The number of imidazole rings is 1. The third-order valence-corrected chi connectivity index (χ3v) is 3.70. The number of rotatable bonds is 0. The lowest BCUT2D eigenvalue weighted by atomic mass is 10.2. The summed E-state index contributed by atoms with van der Waals surface area (Å²) in [5.41, 5.74) is 3.04. The number of hydrogen-bond acceptors (Lipinski definition) is 1. The van der Waals surface area contributed by atoms with Gasteiger partial charge >= 0.3 is 0 Å². The third kappa shape index (κ3) is 1.27. The summed E-state index contributed by atoms with van der Waals surface area (Å²) >= 11 is 9.55. The molecule has 0 fully saturated rings. The molecule has 1 aromatic carbocycles. The molecule has 1 heterocycles. The molecule has 2 aromatic rings. The number of hydrogen-bond donors (Lipinski definition) is 0. The zero-order valence-corrected chi connectivity index (χ0v) is 9.65. The lowest BCUT2D eigenvalue weighted by Crippen LogP contribution is -1.86. The molecule has 4 heteroatoms. The minimum atomic E-state index is 0.690. The SMILES string of the molecule is Cc1cc2c(ncn2C)c(Cl)c1Br. The number of benzene rings is 1. The number of halogens is 2. The van der Waals surface area contributed by atoms with Gasteiger partial charge in [-0.25, -0.2) is 4.98 Å². The first-order chi connectivity index (χ1) is 6.11. The summed E-state index contributed by atoms with van der Waals surface area (Å²) in [4.78, 5) is 4.22. The molecular formula is C9H8BrClN2. The van der Waals surface area contributed by atoms with Crippen LogP contribution in [-0.2, 0) is 7.05 Å². The molecule has 0 spiro atoms. The summed E-state index contributed by atoms with van der Waals surface area (Å²) in [6.45, 7) is 2.02. The molecule has 0 radical (unpaired) electrons. The van der Waals surface area contributed by atoms with Gasteiger partial charge in [0.15, 0.2) is 0 Å². The second-order valence-corrected chi connectivity index (χ2v) is 4.22. The van der Waals surface area contributed by atoms with Gasteiger partial charge in [0.1, 0.15) is 5.52 Å². The van der Waals surface area contributed by atoms with Crippen molar-refractivity contribution >= 4 is 38.6 Å². The van der Waals surface area contributed by atoms with Gasteiger partial charge in [0.05, 0.1) is 16.9 Å². The first-order valence-electron chi connectivity index (χ1n) is 3.87. The van der Waals surface area contributed by atoms with E-state index in [4.69, 9.17) is 11.6 Å². The number of fused-ring (bicyclic) bond motifs is 1. The molecule has 2 nitrogen and oxygen atoms in total. The Labute approximate surface area is 89.7 Å². The molecule has 1 aromatic heterocycles. The Balaban J connectivity index is 2.96. The predicted molar refractivity (Wildman–Crippen MR) is 58.2 cm³/mol. The molecule has 0 unspecified atom stereocenters. The number of aryl methyl sites for hydroxylation is 2. The fraction of sp³-hybridized carbons (Fsp3) is 0.222. The van der Waals surface area contributed by atoms with E-state index >= 15 is 0 Å². The van der Waals surface area contributed by atoms with Crippen molar-refractivity contribution in [2.45, 2.75) is 6.92 Å². The summed E-state index contributed by atoms with van der Waals surface area (Å²) < 4.78 is 2.89. The third-order valence-electron chi connectivity index (χ3n) is 2.08. The molecule has 2 rings (SSSR count). The minimum absolute atomic E-state index is 0.690. The average molecular weight is 260 g/mol. The molecule has 0 saturated heterocycles. The Kier molecular flexibility index (Phi) is 2.08. The maximum Gasteiger partial charge on any atom is 0.108 e. The normalized spacial score (nSPS) is 11.1. The largest absolute Gasteiger partial charge is 0.334 e. The second kappa shape index (κ2) is 3.00. The molecule has 0 aliphatic rings. The standard InChI is InChI=1S/C9H8BrClN2/c1-5-3-6-9(8(11)7(5)10)12-4-13(6)2/h3-4H,1-2H3. The first-order valence-corrected chi connectivity index (χ1v) is 5.04. The van der Waals surface area contributed by atoms with Gasteiger partial charge < -0.3 is 4.57 Å². The average Bonchev–Trinajstić information content (AvgIpc) is 2.45. The van der Waals surface area contributed by atoms with Crippen molar-refractivity contribution in [1.29, 1.82) is 0 Å². The van der Waals surface area contributed by atoms with Crippen molar-refractivity contribution in [3.63, 3.8) is 0 Å². The lowest BCUT2D eigenvalue weighted by molar-refractivity contribution is 0.947. The highest BCUT2D eigenvalue weighted by molar-refractivity contribution is 9.10. The number of nitrogens with zero attached hydrogens (tertiary/aromatic N) is 2. The van der Waals surface area contributed by atoms with Crippen molar-refractivity contribution in [3.05, 3.63) is 27.5 Å². The van der Waals surface area contributed by atoms with Gasteiger partial charge in [-0.15, -0.1) is 0 Å². The quantitative estimate of drug-likeness (QED) is 0.710. The van der Waals surface area contributed by atoms with Gasteiger partial charge in [-0.3, -0.25) is 0 Å². The van der Waals surface area contributed by atoms with Gasteiger partial charge in [-0.05, 0) is 34.5 Å². The molecule has 0 N–H and O–H groups in total. The maximum absolute atomic E-state index is 6.12. The Morgan fingerprint density at radius 3 is 2.92 bits per heavy atom. The van der Waals surface area contributed by atoms with Crippen molar-refractivity contribution in [1.82, 2.24) is 9.55 Å². The van der Waals surface area contributed by atoms with E-state index < -0.39 is 0 Å². The Bertz CT molecular complexity index is 476. The summed E-state index contributed by atoms with van der Waals surface area (Å²) in [5.74, 6) is 0. The smallest absolute Gasteiger partial charge is 0.108 e. The predicted octanol–water partition coefficient (Wildman–Crippen LogP) is 3.30. The zero-order valence-electron chi connectivity index (χ0n) is 7.31. The van der Waals surface area contributed by atoms with Gasteiger partial charge in [0.2, 0.25) is 0 Å². The van der Waals surface area contributed by atoms with Crippen LogP contribution >= 0.6 is 27.5 Å². The van der Waals surface area contributed by atoms with Crippen LogP contribution in [0.5, 0.6) is 0 Å². The van der Waals surface area contributed by atoms with E-state index in [1.807, 2.05) is 18.5 Å². The Morgan fingerprint density at radius 1 is 1.54 bits per heavy atom. The highest BCUT2D eigenvalue weighted by Gasteiger charge is 2.09. The van der Waals surface area contributed by atoms with Crippen LogP contribution in [0.15, 0.2) is 16.9 Å². The van der Waals surface area contributed by atoms with E-state index in [9.17, 15) is 0 Å². The van der Waals surface area contributed by atoms with E-state index in [2.05, 4.69) is 27.0 Å². The van der Waals surface area contributed by atoms with E-state index in [0.29, 0.717) is 5.02 Å². The van der Waals surface area contributed by atoms with Crippen LogP contribution < -0.4 is 0 Å². The summed E-state index contributed by atoms with van der Waals surface area (Å²) in [5, 5.41) is 0.690. The molecule has 0 atom stereocenters. The van der Waals surface area contributed by atoms with Crippen molar-refractivity contribution in [3.8, 4) is 0 Å². The molecule has 0 saturated carbocycles. The first kappa shape index (κ1) is 9.03. The van der Waals surface area contributed by atoms with E-state index in [0.717, 1.165) is 21.1 Å². The van der Waals surface area contributed by atoms with Crippen molar-refractivity contribution in [2.24, 2.45) is 7.05 Å². The van der Waals surface area contributed by atoms with Gasteiger partial charge in [0.25, 0.3) is 0 Å². The van der Waals surface area contributed by atoms with Crippen LogP contribution in [0.4, 0.5) is 0 Å². The summed E-state index contributed by atoms with van der Waals surface area (Å²) in [6, 6.07) is 2.07. The Morgan fingerprint density at radius 2 is 2.23 bits per heavy atom. The van der Waals surface area contributed by atoms with Crippen molar-refractivity contribution < 1.29 is 0 Å². The van der Waals surface area contributed by atoms with Crippen LogP contribution in [-0.4, -0.2) is 9.55 Å². The van der Waals surface area contributed by atoms with Gasteiger partial charge in [-0.1, -0.05) is 11.6 Å². The highest BCUT2D eigenvalue weighted by atomic mass is 79.9. The van der Waals surface area contributed by atoms with Crippen LogP contribution in [0.25, 0.3) is 11.0 Å². The summed E-state index contributed by atoms with van der Waals surface area (Å²) in [6.07, 6.45) is 1.77. The monoisotopic (exact) mass is 258 g/mol. The Hall–Kier alpha value is -0.540. The van der Waals surface area contributed by atoms with Gasteiger partial charge in [0, 0.05) is 11.5 Å². The fourth-order valence-corrected chi connectivity index (χ4v) is 1.92. The van der Waals surface area contributed by atoms with E-state index in [1.165, 1.54) is 0 Å². The summed E-state index contributed by atoms with van der Waals surface area (Å²) in [7, 11) is 1.96. The van der Waals surface area contributed by atoms with E-state index in [-0.39, 0.29) is 0 Å². The van der Waals surface area contributed by atoms with Crippen LogP contribution in [0.1, 0.15) is 5.56 Å². The zero-order chi connectivity index (χ0) is 9.59. The minimum Gasteiger partial charge on any atom is -0.334 e. The van der Waals surface area contributed by atoms with Crippen molar-refractivity contribution in [2.75, 3.05) is 0 Å². The lowest BCUT2D eigenvalue weighted by Gasteiger charge is -2.02. The molecule has 68 valence electrons.